The molecule has 0 bridgehead atoms. The Hall–Kier alpha value is -3.15. The summed E-state index contributed by atoms with van der Waals surface area (Å²) >= 11 is 0. The summed E-state index contributed by atoms with van der Waals surface area (Å²) in [5, 5.41) is 6.86. The van der Waals surface area contributed by atoms with Crippen molar-refractivity contribution in [1.82, 2.24) is 15.2 Å². The van der Waals surface area contributed by atoms with Gasteiger partial charge in [0.05, 0.1) is 0 Å². The van der Waals surface area contributed by atoms with Crippen LogP contribution in [0.25, 0.3) is 10.9 Å². The van der Waals surface area contributed by atoms with Crippen LogP contribution in [0.2, 0.25) is 0 Å². The van der Waals surface area contributed by atoms with Gasteiger partial charge in [-0.3, -0.25) is 9.59 Å². The number of benzene rings is 2. The van der Waals surface area contributed by atoms with Gasteiger partial charge in [-0.25, -0.2) is 4.39 Å². The number of aromatic nitrogens is 1. The summed E-state index contributed by atoms with van der Waals surface area (Å²) in [6.07, 6.45) is 2.83. The van der Waals surface area contributed by atoms with Crippen LogP contribution in [0.1, 0.15) is 30.6 Å². The average molecular weight is 395 g/mol. The van der Waals surface area contributed by atoms with Crippen LogP contribution in [0, 0.1) is 11.7 Å². The average Bonchev–Trinajstić information content (AvgIpc) is 3.12. The molecule has 3 aromatic rings. The van der Waals surface area contributed by atoms with Crippen LogP contribution in [0.15, 0.2) is 60.8 Å². The molecule has 1 atom stereocenters. The molecule has 5 nitrogen and oxygen atoms in total. The van der Waals surface area contributed by atoms with Crippen LogP contribution in [0.5, 0.6) is 0 Å². The van der Waals surface area contributed by atoms with Crippen LogP contribution < -0.4 is 10.6 Å². The number of amides is 2. The van der Waals surface area contributed by atoms with Crippen LogP contribution in [0.4, 0.5) is 4.39 Å². The first kappa shape index (κ1) is 20.6. The third-order valence-corrected chi connectivity index (χ3v) is 4.90. The third-order valence-electron chi connectivity index (χ3n) is 4.90. The molecule has 0 aliphatic heterocycles. The summed E-state index contributed by atoms with van der Waals surface area (Å²) in [6.45, 7) is 5.06. The van der Waals surface area contributed by atoms with E-state index in [1.807, 2.05) is 32.2 Å². The van der Waals surface area contributed by atoms with E-state index >= 15 is 0 Å². The number of hydrogen-bond donors (Lipinski definition) is 2. The summed E-state index contributed by atoms with van der Waals surface area (Å²) in [4.78, 5) is 25.0. The molecular weight excluding hydrogens is 369 g/mol. The van der Waals surface area contributed by atoms with Crippen LogP contribution in [-0.4, -0.2) is 29.0 Å². The Morgan fingerprint density at radius 2 is 1.76 bits per heavy atom. The minimum atomic E-state index is -0.653. The van der Waals surface area contributed by atoms with Crippen LogP contribution >= 0.6 is 0 Å². The summed E-state index contributed by atoms with van der Waals surface area (Å²) in [7, 11) is 0. The molecule has 0 spiro atoms. The van der Waals surface area contributed by atoms with Gasteiger partial charge in [-0.1, -0.05) is 32.0 Å². The standard InChI is InChI=1S/C23H26FN3O2/c1-16(2)21(26-22(28)18-8-10-19(24)11-9-18)23(29)25-13-5-14-27-15-12-17-6-3-4-7-20(17)27/h3-4,6-12,15-16,21H,5,13-14H2,1-2H3,(H,25,29)(H,26,28)/t21-/m0/s1. The zero-order valence-electron chi connectivity index (χ0n) is 16.7. The summed E-state index contributed by atoms with van der Waals surface area (Å²) in [5.74, 6) is -1.09. The topological polar surface area (TPSA) is 63.1 Å². The van der Waals surface area contributed by atoms with Gasteiger partial charge in [-0.2, -0.15) is 0 Å². The second-order valence-corrected chi connectivity index (χ2v) is 7.41. The molecule has 2 N–H and O–H groups in total. The number of carbonyl (C=O) groups is 2. The SMILES string of the molecule is CC(C)[C@H](NC(=O)c1ccc(F)cc1)C(=O)NCCCn1ccc2ccccc21. The van der Waals surface area contributed by atoms with E-state index in [1.54, 1.807) is 0 Å². The lowest BCUT2D eigenvalue weighted by Crippen LogP contribution is -2.49. The predicted molar refractivity (Wildman–Crippen MR) is 112 cm³/mol. The highest BCUT2D eigenvalue weighted by molar-refractivity contribution is 5.97. The quantitative estimate of drug-likeness (QED) is 0.571. The molecule has 0 aliphatic carbocycles. The van der Waals surface area contributed by atoms with Gasteiger partial charge in [0.25, 0.3) is 5.91 Å². The lowest BCUT2D eigenvalue weighted by molar-refractivity contribution is -0.123. The number of carbonyl (C=O) groups excluding carboxylic acids is 2. The molecule has 29 heavy (non-hydrogen) atoms. The van der Waals surface area contributed by atoms with Gasteiger partial charge < -0.3 is 15.2 Å². The molecule has 3 rings (SSSR count). The maximum Gasteiger partial charge on any atom is 0.251 e. The number of aryl methyl sites for hydroxylation is 1. The maximum atomic E-state index is 13.0. The Morgan fingerprint density at radius 3 is 2.48 bits per heavy atom. The van der Waals surface area contributed by atoms with E-state index in [9.17, 15) is 14.0 Å². The highest BCUT2D eigenvalue weighted by Gasteiger charge is 2.24. The molecule has 0 saturated heterocycles. The first-order valence-corrected chi connectivity index (χ1v) is 9.83. The van der Waals surface area contributed by atoms with E-state index < -0.39 is 17.8 Å². The van der Waals surface area contributed by atoms with E-state index in [1.165, 1.54) is 35.2 Å². The largest absolute Gasteiger partial charge is 0.354 e. The van der Waals surface area contributed by atoms with Gasteiger partial charge in [0.1, 0.15) is 11.9 Å². The minimum absolute atomic E-state index is 0.0761. The highest BCUT2D eigenvalue weighted by atomic mass is 19.1. The smallest absolute Gasteiger partial charge is 0.251 e. The minimum Gasteiger partial charge on any atom is -0.354 e. The Balaban J connectivity index is 1.51. The number of nitrogens with zero attached hydrogens (tertiary/aromatic N) is 1. The number of nitrogens with one attached hydrogen (secondary N) is 2. The molecule has 0 unspecified atom stereocenters. The Kier molecular flexibility index (Phi) is 6.65. The maximum absolute atomic E-state index is 13.0. The van der Waals surface area contributed by atoms with Gasteiger partial charge in [0.2, 0.25) is 5.91 Å². The molecular formula is C23H26FN3O2. The molecule has 2 aromatic carbocycles. The van der Waals surface area contributed by atoms with Crippen molar-refractivity contribution in [2.45, 2.75) is 32.9 Å². The van der Waals surface area contributed by atoms with E-state index in [4.69, 9.17) is 0 Å². The van der Waals surface area contributed by atoms with Gasteiger partial charge in [0.15, 0.2) is 0 Å². The summed E-state index contributed by atoms with van der Waals surface area (Å²) in [5.41, 5.74) is 1.50. The fourth-order valence-corrected chi connectivity index (χ4v) is 3.27. The fraction of sp³-hybridized carbons (Fsp3) is 0.304. The van der Waals surface area contributed by atoms with Gasteiger partial charge in [0, 0.05) is 30.4 Å². The first-order chi connectivity index (χ1) is 14.0. The molecule has 0 saturated carbocycles. The van der Waals surface area contributed by atoms with Gasteiger partial charge >= 0.3 is 0 Å². The van der Waals surface area contributed by atoms with Crippen molar-refractivity contribution < 1.29 is 14.0 Å². The number of fused-ring (bicyclic) bond motifs is 1. The molecule has 0 fully saturated rings. The van der Waals surface area contributed by atoms with Crippen molar-refractivity contribution in [2.75, 3.05) is 6.54 Å². The van der Waals surface area contributed by atoms with Crippen molar-refractivity contribution in [1.29, 1.82) is 0 Å². The molecule has 152 valence electrons. The van der Waals surface area contributed by atoms with E-state index in [0.29, 0.717) is 12.1 Å². The first-order valence-electron chi connectivity index (χ1n) is 9.83. The van der Waals surface area contributed by atoms with Crippen molar-refractivity contribution in [2.24, 2.45) is 5.92 Å². The number of para-hydroxylation sites is 1. The molecule has 6 heteroatoms. The fourth-order valence-electron chi connectivity index (χ4n) is 3.27. The predicted octanol–water partition coefficient (Wildman–Crippen LogP) is 3.74. The van der Waals surface area contributed by atoms with Crippen molar-refractivity contribution in [3.8, 4) is 0 Å². The van der Waals surface area contributed by atoms with E-state index in [0.717, 1.165) is 13.0 Å². The number of rotatable bonds is 8. The Labute approximate surface area is 169 Å². The normalized spacial score (nSPS) is 12.1. The zero-order chi connectivity index (χ0) is 20.8. The number of halogens is 1. The van der Waals surface area contributed by atoms with E-state index in [-0.39, 0.29) is 11.8 Å². The van der Waals surface area contributed by atoms with Crippen molar-refractivity contribution >= 4 is 22.7 Å². The lowest BCUT2D eigenvalue weighted by Gasteiger charge is -2.22. The second kappa shape index (κ2) is 9.37. The molecule has 1 aromatic heterocycles. The molecule has 1 heterocycles. The summed E-state index contributed by atoms with van der Waals surface area (Å²) in [6, 6.07) is 14.9. The van der Waals surface area contributed by atoms with Gasteiger partial charge in [-0.05, 0) is 54.1 Å². The molecule has 0 radical (unpaired) electrons. The molecule has 2 amide bonds. The Morgan fingerprint density at radius 1 is 1.03 bits per heavy atom. The van der Waals surface area contributed by atoms with Crippen LogP contribution in [-0.2, 0) is 11.3 Å². The van der Waals surface area contributed by atoms with Crippen molar-refractivity contribution in [3.63, 3.8) is 0 Å². The summed E-state index contributed by atoms with van der Waals surface area (Å²) < 4.78 is 15.2. The highest BCUT2D eigenvalue weighted by Crippen LogP contribution is 2.15. The monoisotopic (exact) mass is 395 g/mol. The van der Waals surface area contributed by atoms with Crippen LogP contribution in [0.3, 0.4) is 0 Å². The second-order valence-electron chi connectivity index (χ2n) is 7.41. The van der Waals surface area contributed by atoms with Gasteiger partial charge in [-0.15, -0.1) is 0 Å². The molecule has 0 aliphatic rings. The Bertz CT molecular complexity index is 979. The third kappa shape index (κ3) is 5.22. The van der Waals surface area contributed by atoms with E-state index in [2.05, 4.69) is 33.4 Å². The zero-order valence-corrected chi connectivity index (χ0v) is 16.7. The number of hydrogen-bond acceptors (Lipinski definition) is 2. The van der Waals surface area contributed by atoms with Crippen molar-refractivity contribution in [3.05, 3.63) is 72.2 Å². The lowest BCUT2D eigenvalue weighted by atomic mass is 10.0.